The van der Waals surface area contributed by atoms with Crippen molar-refractivity contribution in [1.82, 2.24) is 10.2 Å². The predicted octanol–water partition coefficient (Wildman–Crippen LogP) is 1.77. The highest BCUT2D eigenvalue weighted by molar-refractivity contribution is 7.09. The van der Waals surface area contributed by atoms with Gasteiger partial charge in [-0.15, -0.1) is 11.3 Å². The average molecular weight is 337 g/mol. The first-order valence-corrected chi connectivity index (χ1v) is 9.34. The van der Waals surface area contributed by atoms with Crippen LogP contribution in [0.3, 0.4) is 0 Å². The molecule has 5 nitrogen and oxygen atoms in total. The normalized spacial score (nSPS) is 17.0. The minimum Gasteiger partial charge on any atom is -0.355 e. The number of nitrogens with zero attached hydrogens (tertiary/aromatic N) is 1. The Hall–Kier alpha value is -1.40. The Bertz CT molecular complexity index is 496. The number of carbonyl (C=O) groups is 2. The first-order chi connectivity index (χ1) is 11.1. The van der Waals surface area contributed by atoms with Gasteiger partial charge in [0.05, 0.1) is 6.04 Å². The van der Waals surface area contributed by atoms with Gasteiger partial charge in [-0.3, -0.25) is 9.59 Å². The van der Waals surface area contributed by atoms with Crippen molar-refractivity contribution < 1.29 is 9.59 Å². The second kappa shape index (κ2) is 9.03. The Kier molecular flexibility index (Phi) is 7.05. The fourth-order valence-electron chi connectivity index (χ4n) is 2.94. The van der Waals surface area contributed by atoms with Crippen LogP contribution in [0.5, 0.6) is 0 Å². The van der Waals surface area contributed by atoms with Crippen LogP contribution in [-0.2, 0) is 16.0 Å². The molecule has 0 aromatic carbocycles. The SMILES string of the molecule is CCCC(N)C(=O)N1CCC(C(=O)NCCc2cccs2)CC1. The highest BCUT2D eigenvalue weighted by Gasteiger charge is 2.29. The van der Waals surface area contributed by atoms with Gasteiger partial charge in [0.2, 0.25) is 11.8 Å². The number of thiophene rings is 1. The molecule has 23 heavy (non-hydrogen) atoms. The van der Waals surface area contributed by atoms with Crippen LogP contribution < -0.4 is 11.1 Å². The number of piperidine rings is 1. The van der Waals surface area contributed by atoms with Crippen molar-refractivity contribution in [2.45, 2.75) is 45.1 Å². The number of likely N-dealkylation sites (tertiary alicyclic amines) is 1. The number of nitrogens with one attached hydrogen (secondary N) is 1. The Morgan fingerprint density at radius 2 is 2.17 bits per heavy atom. The molecule has 0 saturated carbocycles. The van der Waals surface area contributed by atoms with Crippen LogP contribution >= 0.6 is 11.3 Å². The monoisotopic (exact) mass is 337 g/mol. The fourth-order valence-corrected chi connectivity index (χ4v) is 3.65. The fraction of sp³-hybridized carbons (Fsp3) is 0.647. The van der Waals surface area contributed by atoms with Crippen LogP contribution in [0.1, 0.15) is 37.5 Å². The van der Waals surface area contributed by atoms with Gasteiger partial charge in [0.15, 0.2) is 0 Å². The smallest absolute Gasteiger partial charge is 0.239 e. The molecular formula is C17H27N3O2S. The summed E-state index contributed by atoms with van der Waals surface area (Å²) in [4.78, 5) is 27.5. The lowest BCUT2D eigenvalue weighted by atomic mass is 9.95. The van der Waals surface area contributed by atoms with E-state index in [2.05, 4.69) is 11.4 Å². The van der Waals surface area contributed by atoms with Crippen molar-refractivity contribution in [3.63, 3.8) is 0 Å². The zero-order valence-corrected chi connectivity index (χ0v) is 14.6. The van der Waals surface area contributed by atoms with Crippen molar-refractivity contribution in [2.24, 2.45) is 11.7 Å². The maximum atomic E-state index is 12.2. The summed E-state index contributed by atoms with van der Waals surface area (Å²) < 4.78 is 0. The molecule has 1 aliphatic rings. The van der Waals surface area contributed by atoms with Crippen molar-refractivity contribution in [3.05, 3.63) is 22.4 Å². The van der Waals surface area contributed by atoms with Crippen LogP contribution in [0.25, 0.3) is 0 Å². The Morgan fingerprint density at radius 3 is 2.78 bits per heavy atom. The van der Waals surface area contributed by atoms with E-state index in [1.165, 1.54) is 4.88 Å². The van der Waals surface area contributed by atoms with Gasteiger partial charge in [0.25, 0.3) is 0 Å². The van der Waals surface area contributed by atoms with Crippen LogP contribution in [0.2, 0.25) is 0 Å². The molecule has 1 aromatic rings. The van der Waals surface area contributed by atoms with E-state index < -0.39 is 6.04 Å². The summed E-state index contributed by atoms with van der Waals surface area (Å²) in [5.41, 5.74) is 5.90. The molecule has 0 bridgehead atoms. The summed E-state index contributed by atoms with van der Waals surface area (Å²) in [7, 11) is 0. The maximum absolute atomic E-state index is 12.2. The highest BCUT2D eigenvalue weighted by Crippen LogP contribution is 2.18. The summed E-state index contributed by atoms with van der Waals surface area (Å²) in [5, 5.41) is 5.07. The lowest BCUT2D eigenvalue weighted by Crippen LogP contribution is -2.48. The average Bonchev–Trinajstić information content (AvgIpc) is 3.08. The van der Waals surface area contributed by atoms with E-state index in [9.17, 15) is 9.59 Å². The van der Waals surface area contributed by atoms with E-state index in [0.717, 1.165) is 32.1 Å². The quantitative estimate of drug-likeness (QED) is 0.796. The summed E-state index contributed by atoms with van der Waals surface area (Å²) in [6, 6.07) is 3.72. The number of nitrogens with two attached hydrogens (primary N) is 1. The molecule has 128 valence electrons. The topological polar surface area (TPSA) is 75.4 Å². The minimum absolute atomic E-state index is 0.0183. The first kappa shape index (κ1) is 17.9. The number of carbonyl (C=O) groups excluding carboxylic acids is 2. The molecule has 0 aliphatic carbocycles. The summed E-state index contributed by atoms with van der Waals surface area (Å²) in [6.45, 7) is 3.98. The van der Waals surface area contributed by atoms with Crippen LogP contribution in [0.15, 0.2) is 17.5 Å². The molecule has 1 atom stereocenters. The molecule has 2 amide bonds. The van der Waals surface area contributed by atoms with Gasteiger partial charge < -0.3 is 16.0 Å². The van der Waals surface area contributed by atoms with E-state index in [4.69, 9.17) is 5.73 Å². The number of amides is 2. The van der Waals surface area contributed by atoms with Gasteiger partial charge in [-0.25, -0.2) is 0 Å². The second-order valence-corrected chi connectivity index (χ2v) is 7.15. The standard InChI is InChI=1S/C17H27N3O2S/c1-2-4-15(18)17(22)20-10-7-13(8-11-20)16(21)19-9-6-14-5-3-12-23-14/h3,5,12-13,15H,2,4,6-11,18H2,1H3,(H,19,21). The minimum atomic E-state index is -0.392. The molecule has 2 rings (SSSR count). The van der Waals surface area contributed by atoms with Crippen LogP contribution in [0.4, 0.5) is 0 Å². The molecule has 1 aromatic heterocycles. The van der Waals surface area contributed by atoms with Crippen molar-refractivity contribution >= 4 is 23.2 Å². The van der Waals surface area contributed by atoms with E-state index in [0.29, 0.717) is 19.6 Å². The third-order valence-corrected chi connectivity index (χ3v) is 5.28. The van der Waals surface area contributed by atoms with Gasteiger partial charge in [0.1, 0.15) is 0 Å². The van der Waals surface area contributed by atoms with Gasteiger partial charge in [0, 0.05) is 30.4 Å². The summed E-state index contributed by atoms with van der Waals surface area (Å²) >= 11 is 1.71. The van der Waals surface area contributed by atoms with Crippen LogP contribution in [-0.4, -0.2) is 42.4 Å². The number of hydrogen-bond donors (Lipinski definition) is 2. The van der Waals surface area contributed by atoms with E-state index in [1.807, 2.05) is 23.3 Å². The van der Waals surface area contributed by atoms with E-state index in [-0.39, 0.29) is 17.7 Å². The van der Waals surface area contributed by atoms with Gasteiger partial charge in [-0.2, -0.15) is 0 Å². The maximum Gasteiger partial charge on any atom is 0.239 e. The summed E-state index contributed by atoms with van der Waals surface area (Å²) in [5.74, 6) is 0.166. The molecule has 1 aliphatic heterocycles. The van der Waals surface area contributed by atoms with Gasteiger partial charge >= 0.3 is 0 Å². The first-order valence-electron chi connectivity index (χ1n) is 8.46. The lowest BCUT2D eigenvalue weighted by molar-refractivity contribution is -0.136. The number of rotatable bonds is 7. The molecule has 1 saturated heterocycles. The molecule has 0 radical (unpaired) electrons. The molecule has 3 N–H and O–H groups in total. The van der Waals surface area contributed by atoms with E-state index >= 15 is 0 Å². The molecule has 0 spiro atoms. The molecule has 2 heterocycles. The van der Waals surface area contributed by atoms with Crippen LogP contribution in [0, 0.1) is 5.92 Å². The zero-order valence-electron chi connectivity index (χ0n) is 13.8. The Labute approximate surface area is 142 Å². The molecule has 6 heteroatoms. The second-order valence-electron chi connectivity index (χ2n) is 6.12. The highest BCUT2D eigenvalue weighted by atomic mass is 32.1. The summed E-state index contributed by atoms with van der Waals surface area (Å²) in [6.07, 6.45) is 3.98. The Balaban J connectivity index is 1.69. The Morgan fingerprint density at radius 1 is 1.43 bits per heavy atom. The third kappa shape index (κ3) is 5.32. The largest absolute Gasteiger partial charge is 0.355 e. The molecule has 1 unspecified atom stereocenters. The zero-order chi connectivity index (χ0) is 16.7. The third-order valence-electron chi connectivity index (χ3n) is 4.35. The van der Waals surface area contributed by atoms with E-state index in [1.54, 1.807) is 11.3 Å². The van der Waals surface area contributed by atoms with Gasteiger partial charge in [-0.05, 0) is 37.1 Å². The van der Waals surface area contributed by atoms with Crippen molar-refractivity contribution in [3.8, 4) is 0 Å². The number of hydrogen-bond acceptors (Lipinski definition) is 4. The lowest BCUT2D eigenvalue weighted by Gasteiger charge is -2.33. The van der Waals surface area contributed by atoms with Gasteiger partial charge in [-0.1, -0.05) is 19.4 Å². The molecular weight excluding hydrogens is 310 g/mol. The predicted molar refractivity (Wildman–Crippen MR) is 93.2 cm³/mol. The van der Waals surface area contributed by atoms with Crippen molar-refractivity contribution in [2.75, 3.05) is 19.6 Å². The van der Waals surface area contributed by atoms with Crippen molar-refractivity contribution in [1.29, 1.82) is 0 Å². The molecule has 1 fully saturated rings.